The van der Waals surface area contributed by atoms with Crippen molar-refractivity contribution in [3.8, 4) is 11.5 Å². The number of phenols is 1. The summed E-state index contributed by atoms with van der Waals surface area (Å²) in [6, 6.07) is 5.05. The third kappa shape index (κ3) is 2.37. The van der Waals surface area contributed by atoms with Crippen molar-refractivity contribution in [3.63, 3.8) is 0 Å². The normalized spacial score (nSPS) is 15.8. The van der Waals surface area contributed by atoms with Crippen LogP contribution in [0.15, 0.2) is 22.7 Å². The summed E-state index contributed by atoms with van der Waals surface area (Å²) in [5.74, 6) is 1.82. The van der Waals surface area contributed by atoms with Crippen LogP contribution >= 0.6 is 15.9 Å². The van der Waals surface area contributed by atoms with Gasteiger partial charge in [-0.1, -0.05) is 0 Å². The van der Waals surface area contributed by atoms with E-state index >= 15 is 0 Å². The van der Waals surface area contributed by atoms with Crippen LogP contribution in [0.1, 0.15) is 12.8 Å². The van der Waals surface area contributed by atoms with E-state index in [1.165, 1.54) is 12.8 Å². The van der Waals surface area contributed by atoms with E-state index in [4.69, 9.17) is 9.84 Å². The SMILES string of the molecule is Oc1ccc(OCC2CC2)c(Br)c1. The van der Waals surface area contributed by atoms with Gasteiger partial charge < -0.3 is 9.84 Å². The van der Waals surface area contributed by atoms with Crippen molar-refractivity contribution >= 4 is 15.9 Å². The van der Waals surface area contributed by atoms with Gasteiger partial charge in [0.25, 0.3) is 0 Å². The number of aromatic hydroxyl groups is 1. The first-order chi connectivity index (χ1) is 6.25. The molecule has 1 aromatic rings. The Balaban J connectivity index is 2.01. The van der Waals surface area contributed by atoms with Gasteiger partial charge >= 0.3 is 0 Å². The number of hydrogen-bond donors (Lipinski definition) is 1. The molecule has 13 heavy (non-hydrogen) atoms. The predicted octanol–water partition coefficient (Wildman–Crippen LogP) is 2.94. The number of phenolic OH excluding ortho intramolecular Hbond substituents is 1. The highest BCUT2D eigenvalue weighted by atomic mass is 79.9. The molecule has 1 fully saturated rings. The van der Waals surface area contributed by atoms with Crippen molar-refractivity contribution in [1.82, 2.24) is 0 Å². The minimum Gasteiger partial charge on any atom is -0.508 e. The molecule has 0 radical (unpaired) electrons. The number of benzene rings is 1. The van der Waals surface area contributed by atoms with E-state index in [0.29, 0.717) is 0 Å². The minimum absolute atomic E-state index is 0.255. The van der Waals surface area contributed by atoms with Crippen molar-refractivity contribution in [2.24, 2.45) is 5.92 Å². The Morgan fingerprint density at radius 2 is 2.23 bits per heavy atom. The van der Waals surface area contributed by atoms with Crippen LogP contribution in [0.4, 0.5) is 0 Å². The van der Waals surface area contributed by atoms with Crippen molar-refractivity contribution in [3.05, 3.63) is 22.7 Å². The van der Waals surface area contributed by atoms with Crippen LogP contribution in [0.5, 0.6) is 11.5 Å². The van der Waals surface area contributed by atoms with Crippen molar-refractivity contribution in [2.45, 2.75) is 12.8 Å². The van der Waals surface area contributed by atoms with E-state index in [2.05, 4.69) is 15.9 Å². The zero-order valence-corrected chi connectivity index (χ0v) is 8.75. The number of halogens is 1. The van der Waals surface area contributed by atoms with Crippen LogP contribution in [-0.4, -0.2) is 11.7 Å². The van der Waals surface area contributed by atoms with Gasteiger partial charge in [0.05, 0.1) is 11.1 Å². The Morgan fingerprint density at radius 3 is 2.85 bits per heavy atom. The molecule has 2 rings (SSSR count). The summed E-state index contributed by atoms with van der Waals surface area (Å²) < 4.78 is 6.37. The van der Waals surface area contributed by atoms with Crippen molar-refractivity contribution in [1.29, 1.82) is 0 Å². The fraction of sp³-hybridized carbons (Fsp3) is 0.400. The fourth-order valence-corrected chi connectivity index (χ4v) is 1.58. The zero-order valence-electron chi connectivity index (χ0n) is 7.16. The topological polar surface area (TPSA) is 29.5 Å². The highest BCUT2D eigenvalue weighted by molar-refractivity contribution is 9.10. The van der Waals surface area contributed by atoms with E-state index in [1.807, 2.05) is 0 Å². The second-order valence-electron chi connectivity index (χ2n) is 3.37. The molecule has 0 unspecified atom stereocenters. The molecule has 1 saturated carbocycles. The highest BCUT2D eigenvalue weighted by Gasteiger charge is 2.22. The summed E-state index contributed by atoms with van der Waals surface area (Å²) in [6.45, 7) is 0.795. The van der Waals surface area contributed by atoms with Gasteiger partial charge in [-0.15, -0.1) is 0 Å². The lowest BCUT2D eigenvalue weighted by Gasteiger charge is -2.06. The van der Waals surface area contributed by atoms with Crippen LogP contribution in [0.25, 0.3) is 0 Å². The van der Waals surface area contributed by atoms with Crippen molar-refractivity contribution in [2.75, 3.05) is 6.61 Å². The number of ether oxygens (including phenoxy) is 1. The van der Waals surface area contributed by atoms with Gasteiger partial charge in [0.2, 0.25) is 0 Å². The summed E-state index contributed by atoms with van der Waals surface area (Å²) >= 11 is 3.33. The molecule has 3 heteroatoms. The third-order valence-electron chi connectivity index (χ3n) is 2.09. The molecule has 1 aliphatic carbocycles. The van der Waals surface area contributed by atoms with Crippen LogP contribution in [0.3, 0.4) is 0 Å². The first-order valence-corrected chi connectivity index (χ1v) is 5.16. The summed E-state index contributed by atoms with van der Waals surface area (Å²) in [5, 5.41) is 9.14. The molecule has 2 nitrogen and oxygen atoms in total. The predicted molar refractivity (Wildman–Crippen MR) is 54.0 cm³/mol. The van der Waals surface area contributed by atoms with Gasteiger partial charge in [0.15, 0.2) is 0 Å². The fourth-order valence-electron chi connectivity index (χ4n) is 1.10. The average Bonchev–Trinajstić information content (AvgIpc) is 2.86. The number of rotatable bonds is 3. The zero-order chi connectivity index (χ0) is 9.26. The largest absolute Gasteiger partial charge is 0.508 e. The van der Waals surface area contributed by atoms with E-state index in [0.717, 1.165) is 22.7 Å². The minimum atomic E-state index is 0.255. The molecule has 0 saturated heterocycles. The Kier molecular flexibility index (Phi) is 2.44. The average molecular weight is 243 g/mol. The molecule has 1 aromatic carbocycles. The lowest BCUT2D eigenvalue weighted by molar-refractivity contribution is 0.297. The molecule has 0 spiro atoms. The standard InChI is InChI=1S/C10H11BrO2/c11-9-5-8(12)3-4-10(9)13-6-7-1-2-7/h3-5,7,12H,1-2,6H2. The molecule has 0 heterocycles. The Hall–Kier alpha value is -0.700. The summed E-state index contributed by atoms with van der Waals surface area (Å²) in [7, 11) is 0. The van der Waals surface area contributed by atoms with E-state index in [9.17, 15) is 0 Å². The maximum absolute atomic E-state index is 9.14. The molecule has 70 valence electrons. The Labute approximate surface area is 85.7 Å². The molecule has 0 aliphatic heterocycles. The van der Waals surface area contributed by atoms with Crippen LogP contribution < -0.4 is 4.74 Å². The lowest BCUT2D eigenvalue weighted by Crippen LogP contribution is -1.99. The summed E-state index contributed by atoms with van der Waals surface area (Å²) in [4.78, 5) is 0. The van der Waals surface area contributed by atoms with Crippen LogP contribution in [-0.2, 0) is 0 Å². The quantitative estimate of drug-likeness (QED) is 0.884. The van der Waals surface area contributed by atoms with Gasteiger partial charge in [-0.25, -0.2) is 0 Å². The first kappa shape index (κ1) is 8.88. The Morgan fingerprint density at radius 1 is 1.46 bits per heavy atom. The van der Waals surface area contributed by atoms with Gasteiger partial charge in [-0.05, 0) is 52.9 Å². The molecular weight excluding hydrogens is 232 g/mol. The Bertz CT molecular complexity index is 308. The second-order valence-corrected chi connectivity index (χ2v) is 4.22. The second kappa shape index (κ2) is 3.58. The van der Waals surface area contributed by atoms with Crippen LogP contribution in [0.2, 0.25) is 0 Å². The maximum atomic E-state index is 9.14. The lowest BCUT2D eigenvalue weighted by atomic mass is 10.3. The van der Waals surface area contributed by atoms with Gasteiger partial charge in [-0.2, -0.15) is 0 Å². The van der Waals surface area contributed by atoms with Crippen LogP contribution in [0, 0.1) is 5.92 Å². The molecule has 0 atom stereocenters. The third-order valence-corrected chi connectivity index (χ3v) is 2.71. The molecule has 1 N–H and O–H groups in total. The first-order valence-electron chi connectivity index (χ1n) is 4.37. The monoisotopic (exact) mass is 242 g/mol. The molecule has 0 bridgehead atoms. The number of hydrogen-bond acceptors (Lipinski definition) is 2. The summed E-state index contributed by atoms with van der Waals surface area (Å²) in [6.07, 6.45) is 2.57. The molecule has 1 aliphatic rings. The molecular formula is C10H11BrO2. The smallest absolute Gasteiger partial charge is 0.133 e. The van der Waals surface area contributed by atoms with E-state index < -0.39 is 0 Å². The highest BCUT2D eigenvalue weighted by Crippen LogP contribution is 2.33. The van der Waals surface area contributed by atoms with Gasteiger partial charge in [0, 0.05) is 0 Å². The van der Waals surface area contributed by atoms with E-state index in [-0.39, 0.29) is 5.75 Å². The van der Waals surface area contributed by atoms with Gasteiger partial charge in [-0.3, -0.25) is 0 Å². The summed E-state index contributed by atoms with van der Waals surface area (Å²) in [5.41, 5.74) is 0. The molecule has 0 aromatic heterocycles. The van der Waals surface area contributed by atoms with Crippen molar-refractivity contribution < 1.29 is 9.84 Å². The van der Waals surface area contributed by atoms with E-state index in [1.54, 1.807) is 18.2 Å². The maximum Gasteiger partial charge on any atom is 0.133 e. The molecule has 0 amide bonds. The van der Waals surface area contributed by atoms with Gasteiger partial charge in [0.1, 0.15) is 11.5 Å².